The predicted octanol–water partition coefficient (Wildman–Crippen LogP) is 1.30. The number of rotatable bonds is 9. The maximum absolute atomic E-state index is 11.0. The second kappa shape index (κ2) is 8.68. The van der Waals surface area contributed by atoms with Crippen molar-refractivity contribution in [2.45, 2.75) is 45.1 Å². The largest absolute Gasteiger partial charge is 0.480 e. The fourth-order valence-electron chi connectivity index (χ4n) is 1.58. The first-order valence-corrected chi connectivity index (χ1v) is 5.76. The number of carboxylic acid groups (broad SMARTS) is 1. The first-order chi connectivity index (χ1) is 7.13. The standard InChI is InChI=1S/C11H24N2O2/c1-3-4-9-13(2)10(11(14)15)7-5-6-8-12/h10H,3-9,12H2,1-2H3,(H,14,15). The molecule has 0 fully saturated rings. The Kier molecular flexibility index (Phi) is 8.33. The summed E-state index contributed by atoms with van der Waals surface area (Å²) >= 11 is 0. The molecular weight excluding hydrogens is 192 g/mol. The molecule has 0 amide bonds. The van der Waals surface area contributed by atoms with Gasteiger partial charge in [0.25, 0.3) is 0 Å². The molecule has 15 heavy (non-hydrogen) atoms. The minimum Gasteiger partial charge on any atom is -0.480 e. The summed E-state index contributed by atoms with van der Waals surface area (Å²) < 4.78 is 0. The summed E-state index contributed by atoms with van der Waals surface area (Å²) in [5.41, 5.74) is 5.39. The molecular formula is C11H24N2O2. The molecule has 0 saturated carbocycles. The van der Waals surface area contributed by atoms with E-state index in [0.29, 0.717) is 13.0 Å². The Morgan fingerprint density at radius 2 is 2.07 bits per heavy atom. The highest BCUT2D eigenvalue weighted by molar-refractivity contribution is 5.73. The molecule has 3 N–H and O–H groups in total. The van der Waals surface area contributed by atoms with E-state index in [2.05, 4.69) is 6.92 Å². The zero-order valence-electron chi connectivity index (χ0n) is 9.91. The Balaban J connectivity index is 3.95. The van der Waals surface area contributed by atoms with Gasteiger partial charge in [0.15, 0.2) is 0 Å². The number of nitrogens with zero attached hydrogens (tertiary/aromatic N) is 1. The van der Waals surface area contributed by atoms with Gasteiger partial charge in [0.2, 0.25) is 0 Å². The second-order valence-corrected chi connectivity index (χ2v) is 3.97. The number of aliphatic carboxylic acids is 1. The highest BCUT2D eigenvalue weighted by Gasteiger charge is 2.21. The van der Waals surface area contributed by atoms with E-state index in [1.54, 1.807) is 0 Å². The van der Waals surface area contributed by atoms with Crippen molar-refractivity contribution in [1.29, 1.82) is 0 Å². The van der Waals surface area contributed by atoms with Gasteiger partial charge in [-0.25, -0.2) is 0 Å². The molecule has 4 heteroatoms. The Morgan fingerprint density at radius 3 is 2.53 bits per heavy atom. The predicted molar refractivity (Wildman–Crippen MR) is 61.9 cm³/mol. The van der Waals surface area contributed by atoms with Crippen molar-refractivity contribution < 1.29 is 9.90 Å². The van der Waals surface area contributed by atoms with Crippen LogP contribution in [-0.2, 0) is 4.79 Å². The van der Waals surface area contributed by atoms with Crippen LogP contribution < -0.4 is 5.73 Å². The van der Waals surface area contributed by atoms with Crippen LogP contribution in [0.15, 0.2) is 0 Å². The maximum Gasteiger partial charge on any atom is 0.320 e. The van der Waals surface area contributed by atoms with Gasteiger partial charge < -0.3 is 10.8 Å². The molecule has 0 aliphatic heterocycles. The highest BCUT2D eigenvalue weighted by Crippen LogP contribution is 2.08. The van der Waals surface area contributed by atoms with Gasteiger partial charge in [-0.2, -0.15) is 0 Å². The molecule has 1 unspecified atom stereocenters. The number of carboxylic acids is 1. The molecule has 0 spiro atoms. The summed E-state index contributed by atoms with van der Waals surface area (Å²) in [6, 6.07) is -0.344. The lowest BCUT2D eigenvalue weighted by Gasteiger charge is -2.24. The molecule has 1 atom stereocenters. The SMILES string of the molecule is CCCCN(C)C(CCCCN)C(=O)O. The molecule has 0 aliphatic rings. The second-order valence-electron chi connectivity index (χ2n) is 3.97. The normalized spacial score (nSPS) is 13.1. The maximum atomic E-state index is 11.0. The third-order valence-corrected chi connectivity index (χ3v) is 2.61. The van der Waals surface area contributed by atoms with Crippen LogP contribution in [0.4, 0.5) is 0 Å². The lowest BCUT2D eigenvalue weighted by Crippen LogP contribution is -2.39. The lowest BCUT2D eigenvalue weighted by atomic mass is 10.1. The van der Waals surface area contributed by atoms with E-state index in [4.69, 9.17) is 10.8 Å². The van der Waals surface area contributed by atoms with Gasteiger partial charge in [0.05, 0.1) is 0 Å². The van der Waals surface area contributed by atoms with E-state index in [0.717, 1.165) is 32.2 Å². The molecule has 0 aliphatic carbocycles. The number of hydrogen-bond donors (Lipinski definition) is 2. The molecule has 0 heterocycles. The van der Waals surface area contributed by atoms with E-state index < -0.39 is 5.97 Å². The molecule has 90 valence electrons. The average Bonchev–Trinajstić information content (AvgIpc) is 2.20. The molecule has 0 aromatic carbocycles. The van der Waals surface area contributed by atoms with E-state index in [1.807, 2.05) is 11.9 Å². The monoisotopic (exact) mass is 216 g/mol. The quantitative estimate of drug-likeness (QED) is 0.570. The topological polar surface area (TPSA) is 66.6 Å². The van der Waals surface area contributed by atoms with Gasteiger partial charge in [0, 0.05) is 0 Å². The van der Waals surface area contributed by atoms with Crippen LogP contribution >= 0.6 is 0 Å². The summed E-state index contributed by atoms with van der Waals surface area (Å²) in [6.45, 7) is 3.61. The van der Waals surface area contributed by atoms with Crippen LogP contribution in [0.5, 0.6) is 0 Å². The molecule has 0 aromatic rings. The first-order valence-electron chi connectivity index (χ1n) is 5.76. The minimum absolute atomic E-state index is 0.344. The number of carbonyl (C=O) groups is 1. The summed E-state index contributed by atoms with van der Waals surface area (Å²) in [4.78, 5) is 13.0. The van der Waals surface area contributed by atoms with Crippen molar-refractivity contribution in [2.75, 3.05) is 20.1 Å². The highest BCUT2D eigenvalue weighted by atomic mass is 16.4. The molecule has 0 radical (unpaired) electrons. The van der Waals surface area contributed by atoms with Crippen molar-refractivity contribution in [3.8, 4) is 0 Å². The molecule has 4 nitrogen and oxygen atoms in total. The molecule has 0 bridgehead atoms. The van der Waals surface area contributed by atoms with Crippen molar-refractivity contribution in [3.05, 3.63) is 0 Å². The Morgan fingerprint density at radius 1 is 1.40 bits per heavy atom. The summed E-state index contributed by atoms with van der Waals surface area (Å²) in [5.74, 6) is -0.717. The van der Waals surface area contributed by atoms with Crippen LogP contribution in [0.1, 0.15) is 39.0 Å². The van der Waals surface area contributed by atoms with Crippen LogP contribution in [0, 0.1) is 0 Å². The van der Waals surface area contributed by atoms with Crippen molar-refractivity contribution in [1.82, 2.24) is 4.90 Å². The number of hydrogen-bond acceptors (Lipinski definition) is 3. The van der Waals surface area contributed by atoms with E-state index in [-0.39, 0.29) is 6.04 Å². The third kappa shape index (κ3) is 6.47. The zero-order valence-corrected chi connectivity index (χ0v) is 9.91. The van der Waals surface area contributed by atoms with Gasteiger partial charge in [-0.15, -0.1) is 0 Å². The summed E-state index contributed by atoms with van der Waals surface area (Å²) in [5, 5.41) is 9.07. The molecule has 0 aromatic heterocycles. The van der Waals surface area contributed by atoms with Gasteiger partial charge >= 0.3 is 5.97 Å². The minimum atomic E-state index is -0.717. The lowest BCUT2D eigenvalue weighted by molar-refractivity contribution is -0.143. The number of nitrogens with two attached hydrogens (primary N) is 1. The summed E-state index contributed by atoms with van der Waals surface area (Å²) in [7, 11) is 1.89. The van der Waals surface area contributed by atoms with Crippen LogP contribution in [0.3, 0.4) is 0 Å². The van der Waals surface area contributed by atoms with Crippen LogP contribution in [-0.4, -0.2) is 42.2 Å². The first kappa shape index (κ1) is 14.4. The number of unbranched alkanes of at least 4 members (excludes halogenated alkanes) is 2. The van der Waals surface area contributed by atoms with Gasteiger partial charge in [-0.1, -0.05) is 19.8 Å². The van der Waals surface area contributed by atoms with Gasteiger partial charge in [-0.05, 0) is 39.4 Å². The zero-order chi connectivity index (χ0) is 11.7. The van der Waals surface area contributed by atoms with Crippen LogP contribution in [0.2, 0.25) is 0 Å². The van der Waals surface area contributed by atoms with Crippen molar-refractivity contribution in [2.24, 2.45) is 5.73 Å². The smallest absolute Gasteiger partial charge is 0.320 e. The van der Waals surface area contributed by atoms with Crippen molar-refractivity contribution >= 4 is 5.97 Å². The molecule has 0 rings (SSSR count). The summed E-state index contributed by atoms with van der Waals surface area (Å²) in [6.07, 6.45) is 4.65. The Hall–Kier alpha value is -0.610. The average molecular weight is 216 g/mol. The van der Waals surface area contributed by atoms with Gasteiger partial charge in [-0.3, -0.25) is 9.69 Å². The van der Waals surface area contributed by atoms with E-state index in [1.165, 1.54) is 0 Å². The third-order valence-electron chi connectivity index (χ3n) is 2.61. The molecule has 0 saturated heterocycles. The number of likely N-dealkylation sites (N-methyl/N-ethyl adjacent to an activating group) is 1. The van der Waals surface area contributed by atoms with E-state index in [9.17, 15) is 4.79 Å². The van der Waals surface area contributed by atoms with Crippen molar-refractivity contribution in [3.63, 3.8) is 0 Å². The van der Waals surface area contributed by atoms with Crippen LogP contribution in [0.25, 0.3) is 0 Å². The van der Waals surface area contributed by atoms with E-state index >= 15 is 0 Å². The Labute approximate surface area is 92.4 Å². The fraction of sp³-hybridized carbons (Fsp3) is 0.909. The fourth-order valence-corrected chi connectivity index (χ4v) is 1.58. The van der Waals surface area contributed by atoms with Gasteiger partial charge in [0.1, 0.15) is 6.04 Å². The Bertz CT molecular complexity index is 174.